The fourth-order valence-electron chi connectivity index (χ4n) is 1.98. The number of halogens is 2. The summed E-state index contributed by atoms with van der Waals surface area (Å²) in [5.74, 6) is -0.0995. The van der Waals surface area contributed by atoms with E-state index in [1.54, 1.807) is 24.3 Å². The first-order valence-corrected chi connectivity index (χ1v) is 7.05. The number of nitrogens with zero attached hydrogens (tertiary/aromatic N) is 1. The van der Waals surface area contributed by atoms with Crippen molar-refractivity contribution in [3.05, 3.63) is 59.7 Å². The van der Waals surface area contributed by atoms with Crippen LogP contribution in [0.25, 0.3) is 0 Å². The SMILES string of the molecule is CN(C)c1ccc(C(=O)NCc2ccc(OC(F)F)cc2)cc1. The Hall–Kier alpha value is -2.63. The topological polar surface area (TPSA) is 41.6 Å². The van der Waals surface area contributed by atoms with Crippen molar-refractivity contribution in [3.8, 4) is 5.75 Å². The summed E-state index contributed by atoms with van der Waals surface area (Å²) in [6.07, 6.45) is 0. The monoisotopic (exact) mass is 320 g/mol. The van der Waals surface area contributed by atoms with Crippen molar-refractivity contribution in [1.29, 1.82) is 0 Å². The van der Waals surface area contributed by atoms with Crippen LogP contribution in [-0.4, -0.2) is 26.6 Å². The van der Waals surface area contributed by atoms with Gasteiger partial charge < -0.3 is 15.0 Å². The van der Waals surface area contributed by atoms with E-state index < -0.39 is 6.61 Å². The predicted octanol–water partition coefficient (Wildman–Crippen LogP) is 3.28. The molecule has 122 valence electrons. The van der Waals surface area contributed by atoms with Gasteiger partial charge in [0.05, 0.1) is 0 Å². The fraction of sp³-hybridized carbons (Fsp3) is 0.235. The lowest BCUT2D eigenvalue weighted by Gasteiger charge is -2.12. The number of hydrogen-bond acceptors (Lipinski definition) is 3. The molecule has 0 spiro atoms. The average Bonchev–Trinajstić information content (AvgIpc) is 2.53. The van der Waals surface area contributed by atoms with Crippen LogP contribution >= 0.6 is 0 Å². The summed E-state index contributed by atoms with van der Waals surface area (Å²) in [6.45, 7) is -2.53. The maximum absolute atomic E-state index is 12.1. The second-order valence-electron chi connectivity index (χ2n) is 5.15. The summed E-state index contributed by atoms with van der Waals surface area (Å²) in [6, 6.07) is 13.4. The predicted molar refractivity (Wildman–Crippen MR) is 85.0 cm³/mol. The van der Waals surface area contributed by atoms with Crippen LogP contribution in [0, 0.1) is 0 Å². The van der Waals surface area contributed by atoms with Crippen LogP contribution in [0.15, 0.2) is 48.5 Å². The van der Waals surface area contributed by atoms with Gasteiger partial charge in [-0.25, -0.2) is 0 Å². The van der Waals surface area contributed by atoms with E-state index in [1.165, 1.54) is 12.1 Å². The lowest BCUT2D eigenvalue weighted by molar-refractivity contribution is -0.0498. The minimum absolute atomic E-state index is 0.0920. The number of benzene rings is 2. The number of rotatable bonds is 6. The summed E-state index contributed by atoms with van der Waals surface area (Å²) in [5.41, 5.74) is 2.37. The number of anilines is 1. The molecule has 0 saturated carbocycles. The van der Waals surface area contributed by atoms with Crippen molar-refractivity contribution in [3.63, 3.8) is 0 Å². The summed E-state index contributed by atoms with van der Waals surface area (Å²) in [5, 5.41) is 2.78. The molecule has 23 heavy (non-hydrogen) atoms. The number of hydrogen-bond donors (Lipinski definition) is 1. The molecule has 0 bridgehead atoms. The van der Waals surface area contributed by atoms with Gasteiger partial charge >= 0.3 is 6.61 Å². The molecular weight excluding hydrogens is 302 g/mol. The first kappa shape index (κ1) is 16.7. The Labute approximate surface area is 133 Å². The molecule has 1 N–H and O–H groups in total. The molecule has 0 radical (unpaired) electrons. The largest absolute Gasteiger partial charge is 0.435 e. The number of ether oxygens (including phenoxy) is 1. The van der Waals surface area contributed by atoms with Gasteiger partial charge in [-0.2, -0.15) is 8.78 Å². The normalized spacial score (nSPS) is 10.5. The lowest BCUT2D eigenvalue weighted by atomic mass is 10.1. The minimum Gasteiger partial charge on any atom is -0.435 e. The Morgan fingerprint density at radius 2 is 1.70 bits per heavy atom. The highest BCUT2D eigenvalue weighted by Crippen LogP contribution is 2.15. The molecule has 0 aliphatic rings. The molecule has 2 rings (SSSR count). The summed E-state index contributed by atoms with van der Waals surface area (Å²) >= 11 is 0. The van der Waals surface area contributed by atoms with Crippen LogP contribution in [-0.2, 0) is 6.54 Å². The Morgan fingerprint density at radius 3 is 2.22 bits per heavy atom. The maximum Gasteiger partial charge on any atom is 0.387 e. The van der Waals surface area contributed by atoms with Crippen LogP contribution in [0.1, 0.15) is 15.9 Å². The molecule has 0 aromatic heterocycles. The van der Waals surface area contributed by atoms with Gasteiger partial charge in [0.1, 0.15) is 5.75 Å². The van der Waals surface area contributed by atoms with Gasteiger partial charge in [-0.3, -0.25) is 4.79 Å². The number of amides is 1. The molecule has 0 unspecified atom stereocenters. The Balaban J connectivity index is 1.91. The van der Waals surface area contributed by atoms with Crippen LogP contribution in [0.3, 0.4) is 0 Å². The van der Waals surface area contributed by atoms with Gasteiger partial charge in [-0.15, -0.1) is 0 Å². The fourth-order valence-corrected chi connectivity index (χ4v) is 1.98. The van der Waals surface area contributed by atoms with Crippen molar-refractivity contribution >= 4 is 11.6 Å². The second-order valence-corrected chi connectivity index (χ2v) is 5.15. The summed E-state index contributed by atoms with van der Waals surface area (Å²) in [4.78, 5) is 14.0. The molecule has 2 aromatic rings. The first-order valence-electron chi connectivity index (χ1n) is 7.05. The smallest absolute Gasteiger partial charge is 0.387 e. The minimum atomic E-state index is -2.84. The van der Waals surface area contributed by atoms with Crippen molar-refractivity contribution < 1.29 is 18.3 Å². The van der Waals surface area contributed by atoms with E-state index in [0.29, 0.717) is 12.1 Å². The van der Waals surface area contributed by atoms with Gasteiger partial charge in [-0.1, -0.05) is 12.1 Å². The molecule has 0 atom stereocenters. The van der Waals surface area contributed by atoms with Gasteiger partial charge in [0.15, 0.2) is 0 Å². The highest BCUT2D eigenvalue weighted by molar-refractivity contribution is 5.94. The molecule has 0 saturated heterocycles. The van der Waals surface area contributed by atoms with E-state index in [9.17, 15) is 13.6 Å². The van der Waals surface area contributed by atoms with Crippen LogP contribution in [0.4, 0.5) is 14.5 Å². The van der Waals surface area contributed by atoms with Crippen LogP contribution < -0.4 is 15.0 Å². The number of nitrogens with one attached hydrogen (secondary N) is 1. The number of alkyl halides is 2. The van der Waals surface area contributed by atoms with Crippen molar-refractivity contribution in [1.82, 2.24) is 5.32 Å². The van der Waals surface area contributed by atoms with E-state index in [-0.39, 0.29) is 11.7 Å². The molecule has 1 amide bonds. The number of carbonyl (C=O) groups excluding carboxylic acids is 1. The average molecular weight is 320 g/mol. The zero-order valence-electron chi connectivity index (χ0n) is 12.9. The third-order valence-corrected chi connectivity index (χ3v) is 3.25. The molecule has 0 aliphatic heterocycles. The van der Waals surface area contributed by atoms with Crippen molar-refractivity contribution in [2.24, 2.45) is 0 Å². The van der Waals surface area contributed by atoms with Crippen molar-refractivity contribution in [2.75, 3.05) is 19.0 Å². The van der Waals surface area contributed by atoms with E-state index in [2.05, 4.69) is 10.1 Å². The van der Waals surface area contributed by atoms with E-state index in [4.69, 9.17) is 0 Å². The Bertz CT molecular complexity index is 641. The molecule has 0 fully saturated rings. The van der Waals surface area contributed by atoms with Crippen molar-refractivity contribution in [2.45, 2.75) is 13.2 Å². The van der Waals surface area contributed by atoms with Gasteiger partial charge in [0.25, 0.3) is 5.91 Å². The summed E-state index contributed by atoms with van der Waals surface area (Å²) < 4.78 is 28.4. The van der Waals surface area contributed by atoms with Crippen LogP contribution in [0.5, 0.6) is 5.75 Å². The summed E-state index contributed by atoms with van der Waals surface area (Å²) in [7, 11) is 3.85. The zero-order chi connectivity index (χ0) is 16.8. The molecule has 0 heterocycles. The standard InChI is InChI=1S/C17H18F2N2O2/c1-21(2)14-7-5-13(6-8-14)16(22)20-11-12-3-9-15(10-4-12)23-17(18)19/h3-10,17H,11H2,1-2H3,(H,20,22). The van der Waals surface area contributed by atoms with E-state index >= 15 is 0 Å². The molecule has 6 heteroatoms. The quantitative estimate of drug-likeness (QED) is 0.888. The van der Waals surface area contributed by atoms with E-state index in [0.717, 1.165) is 11.3 Å². The maximum atomic E-state index is 12.1. The van der Waals surface area contributed by atoms with Gasteiger partial charge in [0, 0.05) is 31.9 Å². The zero-order valence-corrected chi connectivity index (χ0v) is 12.9. The molecule has 0 aliphatic carbocycles. The van der Waals surface area contributed by atoms with E-state index in [1.807, 2.05) is 31.1 Å². The van der Waals surface area contributed by atoms with Crippen LogP contribution in [0.2, 0.25) is 0 Å². The Kier molecular flexibility index (Phi) is 5.51. The highest BCUT2D eigenvalue weighted by Gasteiger charge is 2.07. The third-order valence-electron chi connectivity index (χ3n) is 3.25. The molecule has 2 aromatic carbocycles. The second kappa shape index (κ2) is 7.58. The lowest BCUT2D eigenvalue weighted by Crippen LogP contribution is -2.22. The van der Waals surface area contributed by atoms with Gasteiger partial charge in [-0.05, 0) is 42.0 Å². The Morgan fingerprint density at radius 1 is 1.09 bits per heavy atom. The van der Waals surface area contributed by atoms with Gasteiger partial charge in [0.2, 0.25) is 0 Å². The number of carbonyl (C=O) groups is 1. The highest BCUT2D eigenvalue weighted by atomic mass is 19.3. The first-order chi connectivity index (χ1) is 11.0. The molecular formula is C17H18F2N2O2. The molecule has 4 nitrogen and oxygen atoms in total. The third kappa shape index (κ3) is 4.95.